The molecule has 312 valence electrons. The number of nitrogens with zero attached hydrogens (tertiary/aromatic N) is 2. The number of hydrogen-bond acceptors (Lipinski definition) is 2. The normalized spacial score (nSPS) is 12.6. The van der Waals surface area contributed by atoms with E-state index in [4.69, 9.17) is 9.97 Å². The third kappa shape index (κ3) is 6.33. The Morgan fingerprint density at radius 2 is 0.552 bits per heavy atom. The van der Waals surface area contributed by atoms with Crippen LogP contribution in [0.15, 0.2) is 255 Å². The molecule has 0 atom stereocenters. The number of hydrogen-bond donors (Lipinski definition) is 0. The molecular formula is C65H42N2. The summed E-state index contributed by atoms with van der Waals surface area (Å²) in [6, 6.07) is 92.6. The van der Waals surface area contributed by atoms with Gasteiger partial charge in [0, 0.05) is 16.7 Å². The topological polar surface area (TPSA) is 25.8 Å². The molecule has 0 bridgehead atoms. The molecule has 11 aromatic rings. The van der Waals surface area contributed by atoms with Crippen LogP contribution in [-0.2, 0) is 5.41 Å². The van der Waals surface area contributed by atoms with E-state index >= 15 is 0 Å². The third-order valence-corrected chi connectivity index (χ3v) is 13.9. The third-order valence-electron chi connectivity index (χ3n) is 13.9. The van der Waals surface area contributed by atoms with Crippen LogP contribution >= 0.6 is 0 Å². The van der Waals surface area contributed by atoms with Crippen LogP contribution in [0.25, 0.3) is 101 Å². The summed E-state index contributed by atoms with van der Waals surface area (Å²) in [5.41, 5.74) is 23.8. The smallest absolute Gasteiger partial charge is 0.160 e. The van der Waals surface area contributed by atoms with Crippen LogP contribution in [0.4, 0.5) is 0 Å². The van der Waals surface area contributed by atoms with Crippen molar-refractivity contribution in [2.45, 2.75) is 5.41 Å². The molecule has 1 spiro atoms. The minimum absolute atomic E-state index is 0.551. The summed E-state index contributed by atoms with van der Waals surface area (Å²) in [5, 5.41) is 0. The molecule has 0 unspecified atom stereocenters. The fraction of sp³-hybridized carbons (Fsp3) is 0.0154. The average molecular weight is 851 g/mol. The van der Waals surface area contributed by atoms with Crippen molar-refractivity contribution in [1.29, 1.82) is 0 Å². The van der Waals surface area contributed by atoms with E-state index in [2.05, 4.69) is 255 Å². The SMILES string of the molecule is c1ccc(-c2ccc(-c3nc(-c4cc(-c5ccccc5)cc(-c5ccccc5)c4)cc(-c4ccc5c(c4)-c4ccccc4C54c5ccccc5-c5ccccc5-c5ccccc54)n3)cc2)cc1. The van der Waals surface area contributed by atoms with E-state index in [0.29, 0.717) is 5.82 Å². The average Bonchev–Trinajstić information content (AvgIpc) is 3.65. The second kappa shape index (κ2) is 15.8. The summed E-state index contributed by atoms with van der Waals surface area (Å²) in [5.74, 6) is 0.681. The van der Waals surface area contributed by atoms with E-state index in [1.54, 1.807) is 0 Å². The van der Waals surface area contributed by atoms with Crippen molar-refractivity contribution in [3.05, 3.63) is 277 Å². The van der Waals surface area contributed by atoms with Crippen molar-refractivity contribution in [2.24, 2.45) is 0 Å². The summed E-state index contributed by atoms with van der Waals surface area (Å²) in [6.07, 6.45) is 0. The lowest BCUT2D eigenvalue weighted by atomic mass is 9.66. The fourth-order valence-corrected chi connectivity index (χ4v) is 10.9. The van der Waals surface area contributed by atoms with Gasteiger partial charge in [0.15, 0.2) is 5.82 Å². The maximum absolute atomic E-state index is 5.45. The molecule has 1 aromatic heterocycles. The highest BCUT2D eigenvalue weighted by molar-refractivity contribution is 5.98. The first-order valence-electron chi connectivity index (χ1n) is 23.1. The van der Waals surface area contributed by atoms with Crippen LogP contribution in [0.3, 0.4) is 0 Å². The summed E-state index contributed by atoms with van der Waals surface area (Å²) in [7, 11) is 0. The zero-order valence-corrected chi connectivity index (χ0v) is 36.6. The molecule has 13 rings (SSSR count). The van der Waals surface area contributed by atoms with Gasteiger partial charge in [0.25, 0.3) is 0 Å². The standard InChI is InChI=1S/C65H42N2/c1-4-18-43(19-5-1)46-32-34-47(35-33-46)64-66-62(42-63(67-64)51-39-49(44-20-6-2-7-21-44)38-50(40-51)45-22-8-3-9-23-45)48-36-37-61-57(41-48)56-28-14-17-31-60(56)65(61)58-29-15-12-26-54(58)52-24-10-11-25-53(52)55-27-13-16-30-59(55)65/h1-42H. The van der Waals surface area contributed by atoms with Gasteiger partial charge in [0.2, 0.25) is 0 Å². The first-order valence-corrected chi connectivity index (χ1v) is 23.1. The molecule has 0 fully saturated rings. The van der Waals surface area contributed by atoms with Gasteiger partial charge in [-0.3, -0.25) is 0 Å². The van der Waals surface area contributed by atoms with Crippen LogP contribution in [0.5, 0.6) is 0 Å². The fourth-order valence-electron chi connectivity index (χ4n) is 10.9. The lowest BCUT2D eigenvalue weighted by Gasteiger charge is -2.35. The zero-order valence-electron chi connectivity index (χ0n) is 36.6. The Labute approximate surface area is 391 Å². The van der Waals surface area contributed by atoms with E-state index in [1.807, 2.05) is 0 Å². The van der Waals surface area contributed by atoms with E-state index in [1.165, 1.54) is 61.2 Å². The molecule has 0 aliphatic heterocycles. The van der Waals surface area contributed by atoms with Gasteiger partial charge >= 0.3 is 0 Å². The Balaban J connectivity index is 1.04. The predicted octanol–water partition coefficient (Wildman–Crippen LogP) is 16.5. The molecule has 10 aromatic carbocycles. The van der Waals surface area contributed by atoms with Gasteiger partial charge in [0.05, 0.1) is 16.8 Å². The van der Waals surface area contributed by atoms with Crippen molar-refractivity contribution in [3.8, 4) is 101 Å². The van der Waals surface area contributed by atoms with Crippen LogP contribution in [0, 0.1) is 0 Å². The quantitative estimate of drug-likeness (QED) is 0.167. The Morgan fingerprint density at radius 1 is 0.209 bits per heavy atom. The summed E-state index contributed by atoms with van der Waals surface area (Å²) in [4.78, 5) is 10.9. The Morgan fingerprint density at radius 3 is 1.06 bits per heavy atom. The lowest BCUT2D eigenvalue weighted by Crippen LogP contribution is -2.29. The van der Waals surface area contributed by atoms with Gasteiger partial charge < -0.3 is 0 Å². The number of fused-ring (bicyclic) bond motifs is 12. The molecule has 67 heavy (non-hydrogen) atoms. The van der Waals surface area contributed by atoms with Crippen molar-refractivity contribution >= 4 is 0 Å². The molecule has 1 heterocycles. The second-order valence-corrected chi connectivity index (χ2v) is 17.6. The summed E-state index contributed by atoms with van der Waals surface area (Å²) >= 11 is 0. The van der Waals surface area contributed by atoms with Crippen LogP contribution < -0.4 is 0 Å². The van der Waals surface area contributed by atoms with Gasteiger partial charge in [-0.2, -0.15) is 0 Å². The van der Waals surface area contributed by atoms with Gasteiger partial charge in [-0.05, 0) is 119 Å². The van der Waals surface area contributed by atoms with Gasteiger partial charge in [-0.25, -0.2) is 9.97 Å². The Kier molecular flexibility index (Phi) is 9.11. The Bertz CT molecular complexity index is 3540. The largest absolute Gasteiger partial charge is 0.228 e. The second-order valence-electron chi connectivity index (χ2n) is 17.6. The summed E-state index contributed by atoms with van der Waals surface area (Å²) < 4.78 is 0. The molecule has 0 saturated carbocycles. The molecule has 2 aliphatic carbocycles. The first kappa shape index (κ1) is 38.7. The molecule has 0 amide bonds. The number of rotatable bonds is 6. The summed E-state index contributed by atoms with van der Waals surface area (Å²) in [6.45, 7) is 0. The molecule has 2 aliphatic rings. The van der Waals surface area contributed by atoms with E-state index < -0.39 is 5.41 Å². The monoisotopic (exact) mass is 850 g/mol. The van der Waals surface area contributed by atoms with Gasteiger partial charge in [-0.1, -0.05) is 224 Å². The van der Waals surface area contributed by atoms with Crippen molar-refractivity contribution in [1.82, 2.24) is 9.97 Å². The first-order chi connectivity index (χ1) is 33.2. The zero-order chi connectivity index (χ0) is 44.3. The highest BCUT2D eigenvalue weighted by Gasteiger charge is 2.49. The lowest BCUT2D eigenvalue weighted by molar-refractivity contribution is 0.775. The molecule has 2 heteroatoms. The Hall–Kier alpha value is -8.72. The van der Waals surface area contributed by atoms with Gasteiger partial charge in [0.1, 0.15) is 0 Å². The minimum atomic E-state index is -0.551. The van der Waals surface area contributed by atoms with E-state index in [0.717, 1.165) is 55.9 Å². The predicted molar refractivity (Wildman–Crippen MR) is 276 cm³/mol. The highest BCUT2D eigenvalue weighted by atomic mass is 14.9. The van der Waals surface area contributed by atoms with E-state index in [-0.39, 0.29) is 0 Å². The van der Waals surface area contributed by atoms with Crippen molar-refractivity contribution < 1.29 is 0 Å². The van der Waals surface area contributed by atoms with Crippen LogP contribution in [0.1, 0.15) is 22.3 Å². The number of benzene rings is 10. The molecular weight excluding hydrogens is 809 g/mol. The minimum Gasteiger partial charge on any atom is -0.228 e. The van der Waals surface area contributed by atoms with Crippen molar-refractivity contribution in [3.63, 3.8) is 0 Å². The van der Waals surface area contributed by atoms with Crippen LogP contribution in [-0.4, -0.2) is 9.97 Å². The van der Waals surface area contributed by atoms with Gasteiger partial charge in [-0.15, -0.1) is 0 Å². The van der Waals surface area contributed by atoms with Crippen LogP contribution in [0.2, 0.25) is 0 Å². The maximum atomic E-state index is 5.45. The molecule has 2 nitrogen and oxygen atoms in total. The van der Waals surface area contributed by atoms with Crippen molar-refractivity contribution in [2.75, 3.05) is 0 Å². The molecule has 0 saturated heterocycles. The van der Waals surface area contributed by atoms with E-state index in [9.17, 15) is 0 Å². The highest BCUT2D eigenvalue weighted by Crippen LogP contribution is 2.61. The maximum Gasteiger partial charge on any atom is 0.160 e. The molecule has 0 N–H and O–H groups in total. The molecule has 0 radical (unpaired) electrons. The number of aromatic nitrogens is 2.